The maximum atomic E-state index is 12.6. The van der Waals surface area contributed by atoms with Gasteiger partial charge in [-0.15, -0.1) is 10.2 Å². The molecule has 0 aliphatic heterocycles. The second kappa shape index (κ2) is 13.5. The first-order valence-electron chi connectivity index (χ1n) is 13.0. The fourth-order valence-electron chi connectivity index (χ4n) is 3.98. The highest BCUT2D eigenvalue weighted by Gasteiger charge is 2.17. The number of benzene rings is 4. The quantitative estimate of drug-likeness (QED) is 0.119. The number of aromatic nitrogens is 3. The molecule has 0 bridgehead atoms. The highest BCUT2D eigenvalue weighted by atomic mass is 32.2. The Kier molecular flexibility index (Phi) is 9.08. The summed E-state index contributed by atoms with van der Waals surface area (Å²) in [6.45, 7) is 2.51. The first kappa shape index (κ1) is 27.7. The van der Waals surface area contributed by atoms with Gasteiger partial charge in [0.1, 0.15) is 18.1 Å². The van der Waals surface area contributed by atoms with Gasteiger partial charge < -0.3 is 9.47 Å². The number of hydrogen-bond donors (Lipinski definition) is 1. The lowest BCUT2D eigenvalue weighted by Gasteiger charge is -2.11. The number of ether oxygens (including phenoxy) is 2. The first-order valence-corrected chi connectivity index (χ1v) is 14.0. The summed E-state index contributed by atoms with van der Waals surface area (Å²) in [7, 11) is 1.63. The number of hydrogen-bond acceptors (Lipinski definition) is 7. The Hall–Kier alpha value is -4.89. The molecule has 0 saturated carbocycles. The van der Waals surface area contributed by atoms with Crippen LogP contribution >= 0.6 is 11.8 Å². The van der Waals surface area contributed by atoms with Crippen LogP contribution in [0.2, 0.25) is 0 Å². The van der Waals surface area contributed by atoms with Gasteiger partial charge in [0.2, 0.25) is 0 Å². The minimum Gasteiger partial charge on any atom is -0.497 e. The van der Waals surface area contributed by atoms with Crippen molar-refractivity contribution < 1.29 is 14.3 Å². The third-order valence-corrected chi connectivity index (χ3v) is 7.04. The molecule has 5 rings (SSSR count). The zero-order valence-corrected chi connectivity index (χ0v) is 23.5. The van der Waals surface area contributed by atoms with Gasteiger partial charge in [-0.1, -0.05) is 71.9 Å². The Morgan fingerprint density at radius 1 is 0.927 bits per heavy atom. The Morgan fingerprint density at radius 2 is 1.71 bits per heavy atom. The van der Waals surface area contributed by atoms with Crippen LogP contribution in [0.15, 0.2) is 113 Å². The predicted molar refractivity (Wildman–Crippen MR) is 162 cm³/mol. The normalized spacial score (nSPS) is 11.0. The average molecular weight is 564 g/mol. The molecule has 0 fully saturated rings. The largest absolute Gasteiger partial charge is 0.497 e. The molecule has 206 valence electrons. The van der Waals surface area contributed by atoms with Crippen molar-refractivity contribution in [3.05, 3.63) is 120 Å². The Balaban J connectivity index is 1.23. The number of nitrogens with zero attached hydrogens (tertiary/aromatic N) is 4. The Bertz CT molecular complexity index is 1620. The van der Waals surface area contributed by atoms with Crippen molar-refractivity contribution >= 4 is 23.9 Å². The molecule has 1 heterocycles. The maximum Gasteiger partial charge on any atom is 0.250 e. The lowest BCUT2D eigenvalue weighted by atomic mass is 10.2. The molecular formula is C32H29N5O3S. The molecule has 0 saturated heterocycles. The van der Waals surface area contributed by atoms with Crippen molar-refractivity contribution in [2.45, 2.75) is 18.7 Å². The summed E-state index contributed by atoms with van der Waals surface area (Å²) in [5.74, 6) is 2.01. The van der Waals surface area contributed by atoms with Gasteiger partial charge in [0.15, 0.2) is 11.0 Å². The zero-order valence-electron chi connectivity index (χ0n) is 22.7. The number of hydrazone groups is 1. The molecular weight excluding hydrogens is 534 g/mol. The van der Waals surface area contributed by atoms with Gasteiger partial charge in [-0.25, -0.2) is 5.43 Å². The summed E-state index contributed by atoms with van der Waals surface area (Å²) in [5.41, 5.74) is 7.43. The van der Waals surface area contributed by atoms with Gasteiger partial charge in [0.05, 0.1) is 19.1 Å². The standard InChI is InChI=1S/C32H29N5O3S/c1-23-11-15-27(16-12-23)37-31(26-13-17-28(39-2)18-14-26)35-36-32(37)41-22-30(38)34-33-20-25-9-6-10-29(19-25)40-21-24-7-4-3-5-8-24/h3-20H,21-22H2,1-2H3,(H,34,38)/b33-20+. The minimum absolute atomic E-state index is 0.115. The van der Waals surface area contributed by atoms with E-state index in [1.54, 1.807) is 13.3 Å². The summed E-state index contributed by atoms with van der Waals surface area (Å²) in [6.07, 6.45) is 1.59. The first-order chi connectivity index (χ1) is 20.1. The van der Waals surface area contributed by atoms with Crippen molar-refractivity contribution in [2.75, 3.05) is 12.9 Å². The smallest absolute Gasteiger partial charge is 0.250 e. The van der Waals surface area contributed by atoms with E-state index >= 15 is 0 Å². The van der Waals surface area contributed by atoms with Crippen molar-refractivity contribution in [1.82, 2.24) is 20.2 Å². The van der Waals surface area contributed by atoms with Crippen LogP contribution in [0.1, 0.15) is 16.7 Å². The van der Waals surface area contributed by atoms with Crippen LogP contribution in [-0.2, 0) is 11.4 Å². The highest BCUT2D eigenvalue weighted by Crippen LogP contribution is 2.29. The lowest BCUT2D eigenvalue weighted by Crippen LogP contribution is -2.20. The molecule has 0 atom stereocenters. The molecule has 8 nitrogen and oxygen atoms in total. The molecule has 4 aromatic carbocycles. The van der Waals surface area contributed by atoms with E-state index in [4.69, 9.17) is 9.47 Å². The van der Waals surface area contributed by atoms with Crippen LogP contribution in [0.25, 0.3) is 17.1 Å². The number of amides is 1. The van der Waals surface area contributed by atoms with Gasteiger partial charge in [-0.3, -0.25) is 9.36 Å². The van der Waals surface area contributed by atoms with E-state index in [0.717, 1.165) is 39.4 Å². The minimum atomic E-state index is -0.257. The summed E-state index contributed by atoms with van der Waals surface area (Å²) >= 11 is 1.29. The molecule has 1 aromatic heterocycles. The van der Waals surface area contributed by atoms with Crippen LogP contribution in [0.3, 0.4) is 0 Å². The molecule has 0 aliphatic rings. The molecule has 0 radical (unpaired) electrons. The number of aryl methyl sites for hydroxylation is 1. The summed E-state index contributed by atoms with van der Waals surface area (Å²) in [5, 5.41) is 13.6. The molecule has 5 aromatic rings. The van der Waals surface area contributed by atoms with E-state index in [1.807, 2.05) is 115 Å². The number of methoxy groups -OCH3 is 1. The van der Waals surface area contributed by atoms with Crippen molar-refractivity contribution in [3.8, 4) is 28.6 Å². The van der Waals surface area contributed by atoms with Gasteiger partial charge in [0.25, 0.3) is 5.91 Å². The van der Waals surface area contributed by atoms with Crippen molar-refractivity contribution in [2.24, 2.45) is 5.10 Å². The topological polar surface area (TPSA) is 90.6 Å². The monoisotopic (exact) mass is 563 g/mol. The Morgan fingerprint density at radius 3 is 2.46 bits per heavy atom. The lowest BCUT2D eigenvalue weighted by molar-refractivity contribution is -0.118. The maximum absolute atomic E-state index is 12.6. The van der Waals surface area contributed by atoms with Crippen molar-refractivity contribution in [3.63, 3.8) is 0 Å². The number of rotatable bonds is 11. The fraction of sp³-hybridized carbons (Fsp3) is 0.125. The second-order valence-electron chi connectivity index (χ2n) is 9.13. The zero-order chi connectivity index (χ0) is 28.4. The molecule has 0 unspecified atom stereocenters. The van der Waals surface area contributed by atoms with E-state index in [2.05, 4.69) is 20.7 Å². The van der Waals surface area contributed by atoms with Gasteiger partial charge in [-0.2, -0.15) is 5.10 Å². The van der Waals surface area contributed by atoms with E-state index in [-0.39, 0.29) is 11.7 Å². The summed E-state index contributed by atoms with van der Waals surface area (Å²) in [6, 6.07) is 33.2. The third-order valence-electron chi connectivity index (χ3n) is 6.12. The average Bonchev–Trinajstić information content (AvgIpc) is 3.44. The fourth-order valence-corrected chi connectivity index (χ4v) is 4.73. The number of thioether (sulfide) groups is 1. The van der Waals surface area contributed by atoms with E-state index in [0.29, 0.717) is 17.6 Å². The Labute approximate surface area is 243 Å². The highest BCUT2D eigenvalue weighted by molar-refractivity contribution is 7.99. The second-order valence-corrected chi connectivity index (χ2v) is 10.1. The molecule has 0 aliphatic carbocycles. The van der Waals surface area contributed by atoms with E-state index in [1.165, 1.54) is 11.8 Å². The predicted octanol–water partition coefficient (Wildman–Crippen LogP) is 6.07. The van der Waals surface area contributed by atoms with Gasteiger partial charge >= 0.3 is 0 Å². The number of carbonyl (C=O) groups is 1. The van der Waals surface area contributed by atoms with E-state index < -0.39 is 0 Å². The molecule has 41 heavy (non-hydrogen) atoms. The molecule has 1 N–H and O–H groups in total. The molecule has 9 heteroatoms. The van der Waals surface area contributed by atoms with Crippen molar-refractivity contribution in [1.29, 1.82) is 0 Å². The van der Waals surface area contributed by atoms with Crippen LogP contribution in [0.4, 0.5) is 0 Å². The third kappa shape index (κ3) is 7.40. The van der Waals surface area contributed by atoms with Gasteiger partial charge in [-0.05, 0) is 66.6 Å². The van der Waals surface area contributed by atoms with Crippen LogP contribution < -0.4 is 14.9 Å². The van der Waals surface area contributed by atoms with Crippen LogP contribution in [0.5, 0.6) is 11.5 Å². The van der Waals surface area contributed by atoms with Gasteiger partial charge in [0, 0.05) is 11.3 Å². The molecule has 1 amide bonds. The SMILES string of the molecule is COc1ccc(-c2nnc(SCC(=O)N/N=C/c3cccc(OCc4ccccc4)c3)n2-c2ccc(C)cc2)cc1. The van der Waals surface area contributed by atoms with Crippen LogP contribution in [-0.4, -0.2) is 39.7 Å². The van der Waals surface area contributed by atoms with Crippen LogP contribution in [0, 0.1) is 6.92 Å². The van der Waals surface area contributed by atoms with E-state index in [9.17, 15) is 4.79 Å². The summed E-state index contributed by atoms with van der Waals surface area (Å²) < 4.78 is 13.1. The summed E-state index contributed by atoms with van der Waals surface area (Å²) in [4.78, 5) is 12.6. The molecule has 0 spiro atoms. The number of nitrogens with one attached hydrogen (secondary N) is 1. The number of carbonyl (C=O) groups excluding carboxylic acids is 1.